The van der Waals surface area contributed by atoms with E-state index in [4.69, 9.17) is 10.5 Å². The van der Waals surface area contributed by atoms with Gasteiger partial charge in [-0.25, -0.2) is 0 Å². The lowest BCUT2D eigenvalue weighted by Crippen LogP contribution is -2.08. The molecule has 1 rings (SSSR count). The molecule has 0 atom stereocenters. The first-order chi connectivity index (χ1) is 7.19. The van der Waals surface area contributed by atoms with Crippen molar-refractivity contribution >= 4 is 11.4 Å². The SMILES string of the molecule is CN(C)c1ccc(C(C#N)=NC#N)cc1. The van der Waals surface area contributed by atoms with Gasteiger partial charge in [0.2, 0.25) is 6.19 Å². The fourth-order valence-electron chi connectivity index (χ4n) is 1.12. The van der Waals surface area contributed by atoms with Crippen molar-refractivity contribution in [2.24, 2.45) is 4.99 Å². The molecule has 0 aromatic heterocycles. The minimum absolute atomic E-state index is 0.141. The topological polar surface area (TPSA) is 63.2 Å². The zero-order valence-electron chi connectivity index (χ0n) is 8.60. The number of nitrogens with zero attached hydrogens (tertiary/aromatic N) is 4. The van der Waals surface area contributed by atoms with Crippen LogP contribution in [0.2, 0.25) is 0 Å². The van der Waals surface area contributed by atoms with E-state index in [1.807, 2.05) is 37.2 Å². The Hall–Kier alpha value is -2.33. The van der Waals surface area contributed by atoms with Crippen molar-refractivity contribution in [2.75, 3.05) is 19.0 Å². The average molecular weight is 198 g/mol. The molecule has 0 unspecified atom stereocenters. The molecule has 0 aliphatic carbocycles. The Balaban J connectivity index is 3.05. The van der Waals surface area contributed by atoms with Crippen molar-refractivity contribution in [2.45, 2.75) is 0 Å². The maximum Gasteiger partial charge on any atom is 0.207 e. The van der Waals surface area contributed by atoms with Crippen molar-refractivity contribution in [3.8, 4) is 12.3 Å². The minimum atomic E-state index is 0.141. The second kappa shape index (κ2) is 4.78. The van der Waals surface area contributed by atoms with E-state index in [1.54, 1.807) is 18.3 Å². The van der Waals surface area contributed by atoms with Crippen LogP contribution in [0.25, 0.3) is 0 Å². The second-order valence-corrected chi connectivity index (χ2v) is 3.11. The average Bonchev–Trinajstić information content (AvgIpc) is 2.26. The summed E-state index contributed by atoms with van der Waals surface area (Å²) in [5.41, 5.74) is 1.83. The molecule has 0 heterocycles. The molecule has 4 heteroatoms. The van der Waals surface area contributed by atoms with Gasteiger partial charge >= 0.3 is 0 Å². The van der Waals surface area contributed by atoms with Crippen molar-refractivity contribution in [1.82, 2.24) is 0 Å². The van der Waals surface area contributed by atoms with E-state index in [0.717, 1.165) is 5.69 Å². The van der Waals surface area contributed by atoms with E-state index in [1.165, 1.54) is 0 Å². The van der Waals surface area contributed by atoms with Gasteiger partial charge in [-0.1, -0.05) is 0 Å². The number of hydrogen-bond acceptors (Lipinski definition) is 4. The van der Waals surface area contributed by atoms with Crippen molar-refractivity contribution < 1.29 is 0 Å². The Kier molecular flexibility index (Phi) is 3.43. The number of anilines is 1. The Morgan fingerprint density at radius 3 is 2.20 bits per heavy atom. The molecule has 1 aromatic carbocycles. The summed E-state index contributed by atoms with van der Waals surface area (Å²) in [6, 6.07) is 9.18. The van der Waals surface area contributed by atoms with Gasteiger partial charge in [-0.2, -0.15) is 15.5 Å². The molecule has 4 nitrogen and oxygen atoms in total. The molecule has 0 fully saturated rings. The highest BCUT2D eigenvalue weighted by atomic mass is 15.1. The molecule has 0 spiro atoms. The molecular weight excluding hydrogens is 188 g/mol. The molecule has 0 aliphatic heterocycles. The fourth-order valence-corrected chi connectivity index (χ4v) is 1.12. The molecule has 15 heavy (non-hydrogen) atoms. The first-order valence-corrected chi connectivity index (χ1v) is 4.33. The van der Waals surface area contributed by atoms with Gasteiger partial charge in [0.1, 0.15) is 6.07 Å². The summed E-state index contributed by atoms with van der Waals surface area (Å²) >= 11 is 0. The predicted octanol–water partition coefficient (Wildman–Crippen LogP) is 1.55. The first-order valence-electron chi connectivity index (χ1n) is 4.33. The summed E-state index contributed by atoms with van der Waals surface area (Å²) in [7, 11) is 3.87. The predicted molar refractivity (Wildman–Crippen MR) is 58.5 cm³/mol. The van der Waals surface area contributed by atoms with Crippen LogP contribution in [0.4, 0.5) is 5.69 Å². The lowest BCUT2D eigenvalue weighted by atomic mass is 10.1. The van der Waals surface area contributed by atoms with Crippen LogP contribution in [0.1, 0.15) is 5.56 Å². The van der Waals surface area contributed by atoms with Crippen LogP contribution in [0.5, 0.6) is 0 Å². The molecule has 74 valence electrons. The monoisotopic (exact) mass is 198 g/mol. The van der Waals surface area contributed by atoms with Crippen LogP contribution >= 0.6 is 0 Å². The summed E-state index contributed by atoms with van der Waals surface area (Å²) < 4.78 is 0. The second-order valence-electron chi connectivity index (χ2n) is 3.11. The lowest BCUT2D eigenvalue weighted by Gasteiger charge is -2.11. The third-order valence-corrected chi connectivity index (χ3v) is 1.92. The maximum absolute atomic E-state index is 8.75. The van der Waals surface area contributed by atoms with Crippen molar-refractivity contribution in [3.63, 3.8) is 0 Å². The maximum atomic E-state index is 8.75. The van der Waals surface area contributed by atoms with E-state index in [0.29, 0.717) is 5.56 Å². The van der Waals surface area contributed by atoms with Crippen LogP contribution in [0, 0.1) is 22.8 Å². The van der Waals surface area contributed by atoms with Gasteiger partial charge in [-0.05, 0) is 24.3 Å². The van der Waals surface area contributed by atoms with Gasteiger partial charge in [-0.3, -0.25) is 0 Å². The molecule has 0 saturated heterocycles. The minimum Gasteiger partial charge on any atom is -0.378 e. The van der Waals surface area contributed by atoms with Gasteiger partial charge in [0.25, 0.3) is 0 Å². The molecule has 0 radical (unpaired) electrons. The first kappa shape index (κ1) is 10.7. The number of aliphatic imine (C=N–C) groups is 1. The quantitative estimate of drug-likeness (QED) is 0.535. The smallest absolute Gasteiger partial charge is 0.207 e. The summed E-state index contributed by atoms with van der Waals surface area (Å²) in [6.45, 7) is 0. The summed E-state index contributed by atoms with van der Waals surface area (Å²) in [5, 5.41) is 17.1. The van der Waals surface area contributed by atoms with Gasteiger partial charge < -0.3 is 4.90 Å². The highest BCUT2D eigenvalue weighted by molar-refractivity contribution is 6.12. The van der Waals surface area contributed by atoms with Crippen LogP contribution < -0.4 is 4.90 Å². The van der Waals surface area contributed by atoms with Crippen LogP contribution in [-0.4, -0.2) is 19.8 Å². The van der Waals surface area contributed by atoms with Gasteiger partial charge in [-0.15, -0.1) is 0 Å². The molecule has 0 bridgehead atoms. The Morgan fingerprint density at radius 2 is 1.80 bits per heavy atom. The zero-order valence-corrected chi connectivity index (χ0v) is 8.60. The number of hydrogen-bond donors (Lipinski definition) is 0. The van der Waals surface area contributed by atoms with Gasteiger partial charge in [0.15, 0.2) is 5.71 Å². The zero-order chi connectivity index (χ0) is 11.3. The molecule has 0 aliphatic rings. The number of nitriles is 2. The van der Waals surface area contributed by atoms with Gasteiger partial charge in [0.05, 0.1) is 0 Å². The number of rotatable bonds is 2. The molecule has 0 amide bonds. The standard InChI is InChI=1S/C11H10N4/c1-15(2)10-5-3-9(4-6-10)11(7-12)14-8-13/h3-6H,1-2H3. The van der Waals surface area contributed by atoms with E-state index >= 15 is 0 Å². The molecule has 0 saturated carbocycles. The Morgan fingerprint density at radius 1 is 1.20 bits per heavy atom. The third-order valence-electron chi connectivity index (χ3n) is 1.92. The highest BCUT2D eigenvalue weighted by Gasteiger charge is 2.02. The summed E-state index contributed by atoms with van der Waals surface area (Å²) in [6.07, 6.45) is 1.61. The Bertz CT molecular complexity index is 443. The van der Waals surface area contributed by atoms with Crippen LogP contribution in [0.15, 0.2) is 29.3 Å². The van der Waals surface area contributed by atoms with Crippen LogP contribution in [0.3, 0.4) is 0 Å². The number of benzene rings is 1. The summed E-state index contributed by atoms with van der Waals surface area (Å²) in [5.74, 6) is 0. The molecule has 1 aromatic rings. The molecular formula is C11H10N4. The largest absolute Gasteiger partial charge is 0.378 e. The van der Waals surface area contributed by atoms with Crippen LogP contribution in [-0.2, 0) is 0 Å². The Labute approximate surface area is 88.7 Å². The van der Waals surface area contributed by atoms with E-state index in [-0.39, 0.29) is 5.71 Å². The highest BCUT2D eigenvalue weighted by Crippen LogP contribution is 2.12. The van der Waals surface area contributed by atoms with Gasteiger partial charge in [0, 0.05) is 25.3 Å². The summed E-state index contributed by atoms with van der Waals surface area (Å²) in [4.78, 5) is 5.39. The lowest BCUT2D eigenvalue weighted by molar-refractivity contribution is 1.13. The van der Waals surface area contributed by atoms with E-state index < -0.39 is 0 Å². The van der Waals surface area contributed by atoms with Crippen molar-refractivity contribution in [3.05, 3.63) is 29.8 Å². The third kappa shape index (κ3) is 2.55. The molecule has 0 N–H and O–H groups in total. The normalized spacial score (nSPS) is 10.3. The fraction of sp³-hybridized carbons (Fsp3) is 0.182. The van der Waals surface area contributed by atoms with E-state index in [2.05, 4.69) is 4.99 Å². The van der Waals surface area contributed by atoms with Crippen molar-refractivity contribution in [1.29, 1.82) is 10.5 Å². The van der Waals surface area contributed by atoms with E-state index in [9.17, 15) is 0 Å².